The molecule has 2 aromatic heterocycles. The Bertz CT molecular complexity index is 547. The summed E-state index contributed by atoms with van der Waals surface area (Å²) in [6.07, 6.45) is 1.09. The fraction of sp³-hybridized carbons (Fsp3) is 0.200. The molecule has 0 aliphatic carbocycles. The van der Waals surface area contributed by atoms with Crippen LogP contribution in [0.4, 0.5) is 0 Å². The molecule has 6 nitrogen and oxygen atoms in total. The Hall–Kier alpha value is -1.89. The van der Waals surface area contributed by atoms with Crippen LogP contribution in [0.25, 0.3) is 0 Å². The third-order valence-electron chi connectivity index (χ3n) is 1.84. The maximum atomic E-state index is 10.6. The molecule has 0 bridgehead atoms. The molecule has 88 valence electrons. The highest BCUT2D eigenvalue weighted by Crippen LogP contribution is 2.24. The average Bonchev–Trinajstić information content (AvgIpc) is 2.64. The molecule has 2 rings (SSSR count). The van der Waals surface area contributed by atoms with Crippen LogP contribution in [0.5, 0.6) is 0 Å². The molecule has 0 fully saturated rings. The van der Waals surface area contributed by atoms with Crippen molar-refractivity contribution in [1.82, 2.24) is 15.0 Å². The van der Waals surface area contributed by atoms with Gasteiger partial charge in [0.2, 0.25) is 0 Å². The standard InChI is InChI=1S/C10H9N3O3S/c1-5-3-6(2)12-9(11-5)17-10-13-7(4-16-10)8(14)15/h3-4H,1-2H3,(H,14,15). The van der Waals surface area contributed by atoms with E-state index in [-0.39, 0.29) is 10.9 Å². The number of carbonyl (C=O) groups is 1. The molecule has 0 saturated heterocycles. The molecular formula is C10H9N3O3S. The van der Waals surface area contributed by atoms with Crippen LogP contribution in [-0.4, -0.2) is 26.0 Å². The van der Waals surface area contributed by atoms with E-state index in [1.807, 2.05) is 19.9 Å². The van der Waals surface area contributed by atoms with Crippen molar-refractivity contribution in [3.8, 4) is 0 Å². The van der Waals surface area contributed by atoms with Crippen molar-refractivity contribution in [2.75, 3.05) is 0 Å². The highest BCUT2D eigenvalue weighted by molar-refractivity contribution is 7.98. The van der Waals surface area contributed by atoms with Crippen molar-refractivity contribution in [2.24, 2.45) is 0 Å². The molecule has 0 aromatic carbocycles. The van der Waals surface area contributed by atoms with Gasteiger partial charge in [-0.05, 0) is 19.9 Å². The van der Waals surface area contributed by atoms with Gasteiger partial charge in [0.1, 0.15) is 6.26 Å². The van der Waals surface area contributed by atoms with E-state index in [4.69, 9.17) is 9.52 Å². The molecule has 0 aliphatic heterocycles. The van der Waals surface area contributed by atoms with E-state index in [1.165, 1.54) is 0 Å². The molecule has 1 N–H and O–H groups in total. The van der Waals surface area contributed by atoms with Crippen molar-refractivity contribution >= 4 is 17.7 Å². The Kier molecular flexibility index (Phi) is 3.10. The Morgan fingerprint density at radius 3 is 2.47 bits per heavy atom. The minimum absolute atomic E-state index is 0.128. The quantitative estimate of drug-likeness (QED) is 0.833. The Balaban J connectivity index is 2.22. The third kappa shape index (κ3) is 2.82. The highest BCUT2D eigenvalue weighted by atomic mass is 32.2. The summed E-state index contributed by atoms with van der Waals surface area (Å²) in [6.45, 7) is 3.72. The van der Waals surface area contributed by atoms with Crippen molar-refractivity contribution in [2.45, 2.75) is 24.2 Å². The van der Waals surface area contributed by atoms with Crippen LogP contribution in [0.15, 0.2) is 27.1 Å². The van der Waals surface area contributed by atoms with Crippen LogP contribution in [0.1, 0.15) is 21.9 Å². The van der Waals surface area contributed by atoms with Gasteiger partial charge in [0.15, 0.2) is 10.9 Å². The fourth-order valence-corrected chi connectivity index (χ4v) is 2.00. The van der Waals surface area contributed by atoms with Gasteiger partial charge in [-0.25, -0.2) is 14.8 Å². The van der Waals surface area contributed by atoms with Crippen LogP contribution < -0.4 is 0 Å². The summed E-state index contributed by atoms with van der Waals surface area (Å²) < 4.78 is 5.00. The smallest absolute Gasteiger partial charge is 0.357 e. The van der Waals surface area contributed by atoms with Crippen LogP contribution in [0, 0.1) is 13.8 Å². The third-order valence-corrected chi connectivity index (χ3v) is 2.57. The van der Waals surface area contributed by atoms with Gasteiger partial charge < -0.3 is 9.52 Å². The van der Waals surface area contributed by atoms with Gasteiger partial charge in [0.05, 0.1) is 0 Å². The van der Waals surface area contributed by atoms with Crippen molar-refractivity contribution in [3.63, 3.8) is 0 Å². The lowest BCUT2D eigenvalue weighted by Crippen LogP contribution is -1.96. The molecule has 0 radical (unpaired) electrons. The minimum atomic E-state index is -1.12. The molecular weight excluding hydrogens is 242 g/mol. The molecule has 0 atom stereocenters. The molecule has 0 aliphatic rings. The Morgan fingerprint density at radius 1 is 1.29 bits per heavy atom. The summed E-state index contributed by atoms with van der Waals surface area (Å²) in [7, 11) is 0. The van der Waals surface area contributed by atoms with Crippen LogP contribution in [0.3, 0.4) is 0 Å². The van der Waals surface area contributed by atoms with E-state index >= 15 is 0 Å². The zero-order valence-corrected chi connectivity index (χ0v) is 9.98. The number of nitrogens with zero attached hydrogens (tertiary/aromatic N) is 3. The lowest BCUT2D eigenvalue weighted by Gasteiger charge is -1.99. The van der Waals surface area contributed by atoms with E-state index in [9.17, 15) is 4.79 Å². The first kappa shape index (κ1) is 11.6. The highest BCUT2D eigenvalue weighted by Gasteiger charge is 2.12. The largest absolute Gasteiger partial charge is 0.476 e. The molecule has 7 heteroatoms. The summed E-state index contributed by atoms with van der Waals surface area (Å²) >= 11 is 1.09. The molecule has 2 aromatic rings. The van der Waals surface area contributed by atoms with E-state index < -0.39 is 5.97 Å². The molecule has 2 heterocycles. The molecule has 0 amide bonds. The fourth-order valence-electron chi connectivity index (χ4n) is 1.22. The first-order chi connectivity index (χ1) is 8.04. The number of carboxylic acids is 1. The second-order valence-corrected chi connectivity index (χ2v) is 4.26. The predicted octanol–water partition coefficient (Wildman–Crippen LogP) is 1.93. The first-order valence-corrected chi connectivity index (χ1v) is 5.55. The van der Waals surface area contributed by atoms with Gasteiger partial charge in [-0.2, -0.15) is 4.98 Å². The van der Waals surface area contributed by atoms with E-state index in [0.29, 0.717) is 5.16 Å². The Morgan fingerprint density at radius 2 is 1.94 bits per heavy atom. The van der Waals surface area contributed by atoms with Crippen molar-refractivity contribution in [3.05, 3.63) is 29.4 Å². The number of carboxylic acid groups (broad SMARTS) is 1. The summed E-state index contributed by atoms with van der Waals surface area (Å²) in [4.78, 5) is 22.8. The van der Waals surface area contributed by atoms with Crippen LogP contribution in [0.2, 0.25) is 0 Å². The van der Waals surface area contributed by atoms with E-state index in [2.05, 4.69) is 15.0 Å². The van der Waals surface area contributed by atoms with Crippen LogP contribution in [-0.2, 0) is 0 Å². The Labute approximate surface area is 101 Å². The molecule has 0 saturated carbocycles. The summed E-state index contributed by atoms with van der Waals surface area (Å²) in [5, 5.41) is 9.39. The minimum Gasteiger partial charge on any atom is -0.476 e. The first-order valence-electron chi connectivity index (χ1n) is 4.73. The van der Waals surface area contributed by atoms with Gasteiger partial charge in [0, 0.05) is 23.1 Å². The number of rotatable bonds is 3. The number of hydrogen-bond acceptors (Lipinski definition) is 6. The molecule has 17 heavy (non-hydrogen) atoms. The molecule has 0 unspecified atom stereocenters. The summed E-state index contributed by atoms with van der Waals surface area (Å²) in [6, 6.07) is 1.85. The van der Waals surface area contributed by atoms with Gasteiger partial charge >= 0.3 is 5.97 Å². The summed E-state index contributed by atoms with van der Waals surface area (Å²) in [5.74, 6) is -1.12. The van der Waals surface area contributed by atoms with E-state index in [0.717, 1.165) is 29.4 Å². The van der Waals surface area contributed by atoms with Crippen molar-refractivity contribution in [1.29, 1.82) is 0 Å². The summed E-state index contributed by atoms with van der Waals surface area (Å²) in [5.41, 5.74) is 1.55. The monoisotopic (exact) mass is 251 g/mol. The number of hydrogen-bond donors (Lipinski definition) is 1. The predicted molar refractivity (Wildman–Crippen MR) is 59.1 cm³/mol. The number of aromatic nitrogens is 3. The molecule has 0 spiro atoms. The number of aromatic carboxylic acids is 1. The van der Waals surface area contributed by atoms with Crippen molar-refractivity contribution < 1.29 is 14.3 Å². The van der Waals surface area contributed by atoms with Gasteiger partial charge in [-0.3, -0.25) is 0 Å². The topological polar surface area (TPSA) is 89.1 Å². The maximum Gasteiger partial charge on any atom is 0.357 e. The second-order valence-electron chi connectivity index (χ2n) is 3.34. The van der Waals surface area contributed by atoms with Gasteiger partial charge in [-0.15, -0.1) is 0 Å². The second kappa shape index (κ2) is 4.54. The number of oxazole rings is 1. The maximum absolute atomic E-state index is 10.6. The van der Waals surface area contributed by atoms with Gasteiger partial charge in [0.25, 0.3) is 5.22 Å². The van der Waals surface area contributed by atoms with E-state index in [1.54, 1.807) is 0 Å². The number of aryl methyl sites for hydroxylation is 2. The average molecular weight is 251 g/mol. The normalized spacial score (nSPS) is 10.5. The zero-order chi connectivity index (χ0) is 12.4. The van der Waals surface area contributed by atoms with Gasteiger partial charge in [-0.1, -0.05) is 0 Å². The SMILES string of the molecule is Cc1cc(C)nc(Sc2nc(C(=O)O)co2)n1. The zero-order valence-electron chi connectivity index (χ0n) is 9.17. The lowest BCUT2D eigenvalue weighted by molar-refractivity contribution is 0.0690. The lowest BCUT2D eigenvalue weighted by atomic mass is 10.4. The van der Waals surface area contributed by atoms with Crippen LogP contribution >= 0.6 is 11.8 Å².